The minimum absolute atomic E-state index is 0. The smallest absolute Gasteiger partial charge is 0.255 e. The molecule has 1 N–H and O–H groups in total. The van der Waals surface area contributed by atoms with Crippen LogP contribution >= 0.6 is 12.4 Å². The molecule has 4 rings (SSSR count). The van der Waals surface area contributed by atoms with E-state index in [-0.39, 0.29) is 23.7 Å². The number of rotatable bonds is 11. The lowest BCUT2D eigenvalue weighted by Gasteiger charge is -2.17. The molecule has 0 bridgehead atoms. The Bertz CT molecular complexity index is 1470. The van der Waals surface area contributed by atoms with Gasteiger partial charge < -0.3 is 24.1 Å². The molecule has 0 saturated heterocycles. The van der Waals surface area contributed by atoms with Gasteiger partial charge in [-0.2, -0.15) is 0 Å². The molecule has 7 nitrogen and oxygen atoms in total. The highest BCUT2D eigenvalue weighted by Gasteiger charge is 2.18. The molecule has 0 fully saturated rings. The summed E-state index contributed by atoms with van der Waals surface area (Å²) in [6, 6.07) is 20.6. The van der Waals surface area contributed by atoms with Gasteiger partial charge in [0.15, 0.2) is 22.5 Å². The summed E-state index contributed by atoms with van der Waals surface area (Å²) in [5.41, 5.74) is 3.04. The maximum absolute atomic E-state index is 13.1. The van der Waals surface area contributed by atoms with E-state index in [1.54, 1.807) is 39.3 Å². The molecule has 206 valence electrons. The summed E-state index contributed by atoms with van der Waals surface area (Å²) in [7, 11) is 5.33. The van der Waals surface area contributed by atoms with Crippen LogP contribution in [0.15, 0.2) is 75.9 Å². The summed E-state index contributed by atoms with van der Waals surface area (Å²) in [5, 5.41) is 3.39. The van der Waals surface area contributed by atoms with E-state index in [2.05, 4.69) is 17.3 Å². The fourth-order valence-electron chi connectivity index (χ4n) is 4.47. The number of likely N-dealkylation sites (N-methyl/N-ethyl adjacent to an activating group) is 1. The molecular weight excluding hydrogens is 516 g/mol. The van der Waals surface area contributed by atoms with Gasteiger partial charge in [0.25, 0.3) is 5.91 Å². The lowest BCUT2D eigenvalue weighted by molar-refractivity contribution is 0.0952. The monoisotopic (exact) mass is 550 g/mol. The van der Waals surface area contributed by atoms with Crippen LogP contribution in [0, 0.1) is 6.92 Å². The van der Waals surface area contributed by atoms with Crippen LogP contribution in [-0.4, -0.2) is 51.7 Å². The molecule has 0 aliphatic carbocycles. The highest BCUT2D eigenvalue weighted by molar-refractivity contribution is 6.05. The molecule has 8 heteroatoms. The predicted octanol–water partition coefficient (Wildman–Crippen LogP) is 5.50. The van der Waals surface area contributed by atoms with Gasteiger partial charge in [-0.1, -0.05) is 42.5 Å². The third-order valence-corrected chi connectivity index (χ3v) is 6.66. The zero-order chi connectivity index (χ0) is 27.1. The van der Waals surface area contributed by atoms with Crippen LogP contribution in [0.4, 0.5) is 0 Å². The first-order valence-electron chi connectivity index (χ1n) is 12.7. The van der Waals surface area contributed by atoms with Gasteiger partial charge in [-0.05, 0) is 63.2 Å². The van der Waals surface area contributed by atoms with E-state index in [4.69, 9.17) is 13.9 Å². The van der Waals surface area contributed by atoms with Crippen molar-refractivity contribution in [3.05, 3.63) is 93.6 Å². The minimum atomic E-state index is -0.255. The number of methoxy groups -OCH3 is 2. The highest BCUT2D eigenvalue weighted by Crippen LogP contribution is 2.28. The number of hydrogen-bond donors (Lipinski definition) is 1. The van der Waals surface area contributed by atoms with Crippen molar-refractivity contribution < 1.29 is 18.7 Å². The van der Waals surface area contributed by atoms with Gasteiger partial charge in [0.1, 0.15) is 5.76 Å². The SMILES string of the molecule is COc1ccc(CCN(C)CCCNC(=O)c2cccc3c(=O)c(C)c(-c4ccccc4)oc23)cc1OC.Cl. The second kappa shape index (κ2) is 13.8. The van der Waals surface area contributed by atoms with Gasteiger partial charge in [-0.3, -0.25) is 9.59 Å². The maximum atomic E-state index is 13.1. The average molecular weight is 551 g/mol. The Morgan fingerprint density at radius 2 is 1.69 bits per heavy atom. The Labute approximate surface area is 235 Å². The quantitative estimate of drug-likeness (QED) is 0.248. The summed E-state index contributed by atoms with van der Waals surface area (Å²) in [5.74, 6) is 1.68. The predicted molar refractivity (Wildman–Crippen MR) is 158 cm³/mol. The van der Waals surface area contributed by atoms with Crippen LogP contribution in [0.25, 0.3) is 22.3 Å². The van der Waals surface area contributed by atoms with E-state index in [0.29, 0.717) is 34.4 Å². The Kier molecular flexibility index (Phi) is 10.5. The zero-order valence-corrected chi connectivity index (χ0v) is 23.6. The van der Waals surface area contributed by atoms with Crippen LogP contribution in [0.5, 0.6) is 11.5 Å². The summed E-state index contributed by atoms with van der Waals surface area (Å²) < 4.78 is 16.9. The van der Waals surface area contributed by atoms with Gasteiger partial charge in [0.05, 0.1) is 25.2 Å². The van der Waals surface area contributed by atoms with E-state index in [9.17, 15) is 9.59 Å². The average Bonchev–Trinajstić information content (AvgIpc) is 2.95. The number of para-hydroxylation sites is 1. The van der Waals surface area contributed by atoms with Crippen molar-refractivity contribution in [1.82, 2.24) is 10.2 Å². The number of carbonyl (C=O) groups excluding carboxylic acids is 1. The molecule has 0 aliphatic rings. The fraction of sp³-hybridized carbons (Fsp3) is 0.290. The van der Waals surface area contributed by atoms with Gasteiger partial charge >= 0.3 is 0 Å². The Balaban J connectivity index is 0.00000420. The number of hydrogen-bond acceptors (Lipinski definition) is 6. The van der Waals surface area contributed by atoms with Crippen molar-refractivity contribution >= 4 is 29.3 Å². The molecule has 3 aromatic carbocycles. The van der Waals surface area contributed by atoms with Crippen LogP contribution in [0.1, 0.15) is 27.9 Å². The number of nitrogens with one attached hydrogen (secondary N) is 1. The molecule has 0 atom stereocenters. The lowest BCUT2D eigenvalue weighted by Crippen LogP contribution is -2.29. The summed E-state index contributed by atoms with van der Waals surface area (Å²) >= 11 is 0. The first kappa shape index (κ1) is 29.7. The van der Waals surface area contributed by atoms with Gasteiger partial charge in [-0.15, -0.1) is 12.4 Å². The van der Waals surface area contributed by atoms with E-state index in [0.717, 1.165) is 43.0 Å². The standard InChI is InChI=1S/C31H34N2O5.ClH/c1-21-28(34)24-12-8-13-25(30(24)38-29(21)23-10-6-5-7-11-23)31(35)32-17-9-18-33(2)19-16-22-14-15-26(36-3)27(20-22)37-4;/h5-8,10-15,20H,9,16-19H2,1-4H3,(H,32,35);1H. The number of halogens is 1. The fourth-order valence-corrected chi connectivity index (χ4v) is 4.47. The second-order valence-corrected chi connectivity index (χ2v) is 9.29. The topological polar surface area (TPSA) is 81.0 Å². The second-order valence-electron chi connectivity index (χ2n) is 9.29. The third kappa shape index (κ3) is 6.99. The number of benzene rings is 3. The first-order valence-corrected chi connectivity index (χ1v) is 12.7. The number of carbonyl (C=O) groups is 1. The van der Waals surface area contributed by atoms with Crippen molar-refractivity contribution in [2.45, 2.75) is 19.8 Å². The summed E-state index contributed by atoms with van der Waals surface area (Å²) in [4.78, 5) is 28.3. The van der Waals surface area contributed by atoms with Crippen molar-refractivity contribution in [2.75, 3.05) is 40.9 Å². The van der Waals surface area contributed by atoms with Crippen LogP contribution in [0.3, 0.4) is 0 Å². The molecule has 0 unspecified atom stereocenters. The van der Waals surface area contributed by atoms with Gasteiger partial charge in [0, 0.05) is 24.2 Å². The Morgan fingerprint density at radius 3 is 2.41 bits per heavy atom. The Hall–Kier alpha value is -3.81. The molecule has 0 aliphatic heterocycles. The number of amides is 1. The first-order chi connectivity index (χ1) is 18.4. The van der Waals surface area contributed by atoms with Crippen LogP contribution in [-0.2, 0) is 6.42 Å². The van der Waals surface area contributed by atoms with Crippen molar-refractivity contribution in [3.8, 4) is 22.8 Å². The maximum Gasteiger partial charge on any atom is 0.255 e. The van der Waals surface area contributed by atoms with E-state index >= 15 is 0 Å². The molecule has 1 heterocycles. The summed E-state index contributed by atoms with van der Waals surface area (Å²) in [6.45, 7) is 3.97. The molecule has 1 aromatic heterocycles. The zero-order valence-electron chi connectivity index (χ0n) is 22.8. The van der Waals surface area contributed by atoms with Crippen LogP contribution < -0.4 is 20.2 Å². The summed E-state index contributed by atoms with van der Waals surface area (Å²) in [6.07, 6.45) is 1.67. The normalized spacial score (nSPS) is 10.8. The van der Waals surface area contributed by atoms with Gasteiger partial charge in [-0.25, -0.2) is 0 Å². The van der Waals surface area contributed by atoms with E-state index < -0.39 is 0 Å². The third-order valence-electron chi connectivity index (χ3n) is 6.66. The molecule has 0 spiro atoms. The van der Waals surface area contributed by atoms with Gasteiger partial charge in [0.2, 0.25) is 0 Å². The largest absolute Gasteiger partial charge is 0.493 e. The minimum Gasteiger partial charge on any atom is -0.493 e. The molecule has 0 saturated carbocycles. The Morgan fingerprint density at radius 1 is 0.949 bits per heavy atom. The molecule has 1 amide bonds. The number of nitrogens with zero attached hydrogens (tertiary/aromatic N) is 1. The molecule has 4 aromatic rings. The number of fused-ring (bicyclic) bond motifs is 1. The van der Waals surface area contributed by atoms with E-state index in [1.165, 1.54) is 5.56 Å². The molecule has 39 heavy (non-hydrogen) atoms. The van der Waals surface area contributed by atoms with E-state index in [1.807, 2.05) is 48.5 Å². The van der Waals surface area contributed by atoms with Crippen molar-refractivity contribution in [1.29, 1.82) is 0 Å². The molecule has 0 radical (unpaired) electrons. The molecular formula is C31H35ClN2O5. The van der Waals surface area contributed by atoms with Crippen LogP contribution in [0.2, 0.25) is 0 Å². The highest BCUT2D eigenvalue weighted by atomic mass is 35.5. The lowest BCUT2D eigenvalue weighted by atomic mass is 10.0. The van der Waals surface area contributed by atoms with Crippen molar-refractivity contribution in [2.24, 2.45) is 0 Å². The van der Waals surface area contributed by atoms with Crippen molar-refractivity contribution in [3.63, 3.8) is 0 Å². The number of ether oxygens (including phenoxy) is 2.